The number of ether oxygens (including phenoxy) is 1. The zero-order valence-corrected chi connectivity index (χ0v) is 21.4. The van der Waals surface area contributed by atoms with E-state index < -0.39 is 0 Å². The lowest BCUT2D eigenvalue weighted by molar-refractivity contribution is 0.0930. The van der Waals surface area contributed by atoms with Crippen molar-refractivity contribution in [1.82, 2.24) is 14.7 Å². The maximum absolute atomic E-state index is 12.9. The summed E-state index contributed by atoms with van der Waals surface area (Å²) in [5.41, 5.74) is 5.84. The molecule has 190 valence electrons. The highest BCUT2D eigenvalue weighted by Crippen LogP contribution is 2.23. The predicted octanol–water partition coefficient (Wildman–Crippen LogP) is 4.95. The molecule has 0 saturated heterocycles. The highest BCUT2D eigenvalue weighted by molar-refractivity contribution is 5.95. The van der Waals surface area contributed by atoms with Crippen LogP contribution in [0.5, 0.6) is 5.75 Å². The number of imidazole rings is 1. The van der Waals surface area contributed by atoms with Crippen LogP contribution in [0.2, 0.25) is 0 Å². The number of nitrogens with zero attached hydrogens (tertiary/aromatic N) is 3. The molecule has 2 aromatic heterocycles. The summed E-state index contributed by atoms with van der Waals surface area (Å²) < 4.78 is 7.70. The highest BCUT2D eigenvalue weighted by Gasteiger charge is 2.17. The van der Waals surface area contributed by atoms with Gasteiger partial charge in [-0.3, -0.25) is 4.79 Å². The maximum Gasteiger partial charge on any atom is 0.251 e. The van der Waals surface area contributed by atoms with Crippen molar-refractivity contribution in [3.05, 3.63) is 89.2 Å². The predicted molar refractivity (Wildman–Crippen MR) is 144 cm³/mol. The Kier molecular flexibility index (Phi) is 8.22. The van der Waals surface area contributed by atoms with Gasteiger partial charge in [0.25, 0.3) is 5.91 Å². The molecule has 7 nitrogen and oxygen atoms in total. The molecule has 1 amide bonds. The van der Waals surface area contributed by atoms with Crippen LogP contribution in [0.1, 0.15) is 54.2 Å². The molecule has 2 heterocycles. The van der Waals surface area contributed by atoms with Gasteiger partial charge in [-0.25, -0.2) is 4.98 Å². The van der Waals surface area contributed by atoms with Crippen molar-refractivity contribution >= 4 is 11.6 Å². The summed E-state index contributed by atoms with van der Waals surface area (Å²) in [6.07, 6.45) is 5.87. The van der Waals surface area contributed by atoms with Gasteiger partial charge in [0.2, 0.25) is 0 Å². The molecule has 0 aliphatic heterocycles. The van der Waals surface area contributed by atoms with E-state index in [2.05, 4.69) is 24.4 Å². The van der Waals surface area contributed by atoms with Crippen LogP contribution in [-0.4, -0.2) is 39.2 Å². The first-order valence-corrected chi connectivity index (χ1v) is 12.6. The Morgan fingerprint density at radius 2 is 1.97 bits per heavy atom. The molecule has 1 atom stereocenters. The molecule has 2 N–H and O–H groups in total. The summed E-state index contributed by atoms with van der Waals surface area (Å²) in [5.74, 6) is 0.164. The second-order valence-electron chi connectivity index (χ2n) is 9.32. The quantitative estimate of drug-likeness (QED) is 0.324. The van der Waals surface area contributed by atoms with Gasteiger partial charge >= 0.3 is 0 Å². The summed E-state index contributed by atoms with van der Waals surface area (Å²) in [6, 6.07) is 18.9. The van der Waals surface area contributed by atoms with Crippen molar-refractivity contribution in [3.63, 3.8) is 0 Å². The number of pyridine rings is 1. The minimum atomic E-state index is -0.293. The van der Waals surface area contributed by atoms with Gasteiger partial charge in [-0.05, 0) is 68.5 Å². The average molecular weight is 497 g/mol. The van der Waals surface area contributed by atoms with Crippen LogP contribution in [0.15, 0.2) is 67.0 Å². The third-order valence-corrected chi connectivity index (χ3v) is 6.21. The summed E-state index contributed by atoms with van der Waals surface area (Å²) in [6.45, 7) is 5.84. The van der Waals surface area contributed by atoms with Crippen molar-refractivity contribution in [2.45, 2.75) is 52.2 Å². The third kappa shape index (κ3) is 6.16. The average Bonchev–Trinajstić information content (AvgIpc) is 3.33. The number of carbonyl (C=O) groups excluding carboxylic acids is 1. The fourth-order valence-corrected chi connectivity index (χ4v) is 4.35. The minimum Gasteiger partial charge on any atom is -0.490 e. The first kappa shape index (κ1) is 25.9. The number of fused-ring (bicyclic) bond motifs is 1. The Bertz CT molecular complexity index is 1420. The van der Waals surface area contributed by atoms with Gasteiger partial charge in [-0.15, -0.1) is 0 Å². The minimum absolute atomic E-state index is 0.0470. The number of aliphatic hydroxyl groups excluding tert-OH is 1. The number of rotatable bonds is 10. The van der Waals surface area contributed by atoms with E-state index in [9.17, 15) is 15.2 Å². The molecule has 4 aromatic rings. The van der Waals surface area contributed by atoms with E-state index in [1.54, 1.807) is 12.1 Å². The van der Waals surface area contributed by atoms with Crippen molar-refractivity contribution < 1.29 is 14.6 Å². The highest BCUT2D eigenvalue weighted by atomic mass is 16.5. The number of aromatic nitrogens is 2. The smallest absolute Gasteiger partial charge is 0.251 e. The fourth-order valence-electron chi connectivity index (χ4n) is 4.35. The van der Waals surface area contributed by atoms with E-state index in [0.717, 1.165) is 28.9 Å². The van der Waals surface area contributed by atoms with E-state index in [0.29, 0.717) is 29.7 Å². The molecular weight excluding hydrogens is 464 g/mol. The first-order chi connectivity index (χ1) is 17.9. The van der Waals surface area contributed by atoms with E-state index in [1.165, 1.54) is 11.6 Å². The van der Waals surface area contributed by atoms with Crippen LogP contribution in [0, 0.1) is 11.3 Å². The Morgan fingerprint density at radius 3 is 2.65 bits per heavy atom. The van der Waals surface area contributed by atoms with Crippen LogP contribution >= 0.6 is 0 Å². The molecular formula is C30H32N4O3. The maximum atomic E-state index is 12.9. The number of aryl methyl sites for hydroxylation is 1. The fraction of sp³-hybridized carbons (Fsp3) is 0.300. The molecule has 0 fully saturated rings. The number of aliphatic hydroxyl groups is 1. The van der Waals surface area contributed by atoms with Crippen LogP contribution < -0.4 is 10.1 Å². The lowest BCUT2D eigenvalue weighted by Crippen LogP contribution is -2.37. The number of hydrogen-bond donors (Lipinski definition) is 2. The Hall–Kier alpha value is -4.15. The first-order valence-electron chi connectivity index (χ1n) is 12.6. The molecule has 0 bridgehead atoms. The molecule has 4 rings (SSSR count). The van der Waals surface area contributed by atoms with E-state index in [4.69, 9.17) is 9.72 Å². The number of hydrogen-bond acceptors (Lipinski definition) is 5. The van der Waals surface area contributed by atoms with Crippen molar-refractivity contribution in [2.24, 2.45) is 0 Å². The third-order valence-electron chi connectivity index (χ3n) is 6.21. The second kappa shape index (κ2) is 11.7. The Balaban J connectivity index is 1.47. The van der Waals surface area contributed by atoms with Crippen molar-refractivity contribution in [2.75, 3.05) is 6.61 Å². The van der Waals surface area contributed by atoms with E-state index in [1.807, 2.05) is 61.0 Å². The number of benzene rings is 2. The summed E-state index contributed by atoms with van der Waals surface area (Å²) in [4.78, 5) is 17.8. The molecule has 37 heavy (non-hydrogen) atoms. The largest absolute Gasteiger partial charge is 0.490 e. The Labute approximate surface area is 217 Å². The molecule has 0 spiro atoms. The van der Waals surface area contributed by atoms with Gasteiger partial charge in [0.15, 0.2) is 0 Å². The number of amides is 1. The van der Waals surface area contributed by atoms with Crippen LogP contribution in [0.3, 0.4) is 0 Å². The number of nitrogens with one attached hydrogen (secondary N) is 1. The molecule has 1 unspecified atom stereocenters. The normalized spacial score (nSPS) is 11.9. The van der Waals surface area contributed by atoms with Gasteiger partial charge in [-0.1, -0.05) is 37.3 Å². The van der Waals surface area contributed by atoms with Gasteiger partial charge in [-0.2, -0.15) is 5.26 Å². The van der Waals surface area contributed by atoms with Gasteiger partial charge < -0.3 is 19.6 Å². The zero-order valence-electron chi connectivity index (χ0n) is 21.4. The van der Waals surface area contributed by atoms with E-state index >= 15 is 0 Å². The Morgan fingerprint density at radius 1 is 1.19 bits per heavy atom. The van der Waals surface area contributed by atoms with Crippen LogP contribution in [0.4, 0.5) is 0 Å². The standard InChI is InChI=1S/C30H32N4O3/c1-4-22-6-5-14-34-19-27(33-29(22)34)23-9-7-21(8-10-23)16-26(13-15-35)32-30(36)24-11-12-28(37-20(2)3)25(17-24)18-31/h5-12,14,17,19-20,26,35H,4,13,15-16H2,1-3H3,(H,32,36). The van der Waals surface area contributed by atoms with Crippen LogP contribution in [-0.2, 0) is 12.8 Å². The molecule has 0 aliphatic rings. The van der Waals surface area contributed by atoms with Crippen LogP contribution in [0.25, 0.3) is 16.9 Å². The number of carbonyl (C=O) groups is 1. The molecule has 7 heteroatoms. The number of nitriles is 1. The lowest BCUT2D eigenvalue weighted by Gasteiger charge is -2.19. The van der Waals surface area contributed by atoms with Crippen molar-refractivity contribution in [3.8, 4) is 23.1 Å². The summed E-state index contributed by atoms with van der Waals surface area (Å²) >= 11 is 0. The lowest BCUT2D eigenvalue weighted by atomic mass is 10.0. The van der Waals surface area contributed by atoms with Gasteiger partial charge in [0, 0.05) is 36.2 Å². The molecule has 0 aliphatic carbocycles. The molecule has 0 radical (unpaired) electrons. The SMILES string of the molecule is CCc1cccn2cc(-c3ccc(CC(CCO)NC(=O)c4ccc(OC(C)C)c(C#N)c4)cc3)nc12. The van der Waals surface area contributed by atoms with Crippen molar-refractivity contribution in [1.29, 1.82) is 5.26 Å². The summed E-state index contributed by atoms with van der Waals surface area (Å²) in [7, 11) is 0. The molecule has 0 saturated carbocycles. The molecule has 2 aromatic carbocycles. The monoisotopic (exact) mass is 496 g/mol. The summed E-state index contributed by atoms with van der Waals surface area (Å²) in [5, 5.41) is 22.1. The van der Waals surface area contributed by atoms with E-state index in [-0.39, 0.29) is 24.7 Å². The second-order valence-corrected chi connectivity index (χ2v) is 9.32. The zero-order chi connectivity index (χ0) is 26.4. The van der Waals surface area contributed by atoms with Gasteiger partial charge in [0.1, 0.15) is 17.5 Å². The topological polar surface area (TPSA) is 99.6 Å². The van der Waals surface area contributed by atoms with Gasteiger partial charge in [0.05, 0.1) is 17.4 Å².